The fraction of sp³-hybridized carbons (Fsp3) is 0.194. The van der Waals surface area contributed by atoms with Crippen molar-refractivity contribution in [1.82, 2.24) is 14.8 Å². The SMILES string of the molecule is CN(C(=O)CN(CC(=O)Nc1ccc(Oc2ccc(F)c(F)c2)cc1)C(=O)c1ccc[nH]1)C1Cc2ccccc2C1. The molecule has 1 aliphatic carbocycles. The highest BCUT2D eigenvalue weighted by molar-refractivity contribution is 6.00. The number of rotatable bonds is 9. The van der Waals surface area contributed by atoms with Crippen molar-refractivity contribution in [2.75, 3.05) is 25.5 Å². The zero-order chi connectivity index (χ0) is 28.9. The Labute approximate surface area is 235 Å². The van der Waals surface area contributed by atoms with Crippen LogP contribution >= 0.6 is 0 Å². The van der Waals surface area contributed by atoms with Crippen LogP contribution in [0.5, 0.6) is 11.5 Å². The van der Waals surface area contributed by atoms with Crippen LogP contribution in [-0.2, 0) is 22.4 Å². The van der Waals surface area contributed by atoms with Gasteiger partial charge in [0.1, 0.15) is 30.3 Å². The van der Waals surface area contributed by atoms with Crippen LogP contribution in [-0.4, -0.2) is 58.7 Å². The third-order valence-electron chi connectivity index (χ3n) is 7.01. The molecule has 3 amide bonds. The summed E-state index contributed by atoms with van der Waals surface area (Å²) in [7, 11) is 1.72. The first-order chi connectivity index (χ1) is 19.8. The number of ether oxygens (including phenoxy) is 1. The van der Waals surface area contributed by atoms with Gasteiger partial charge < -0.3 is 24.8 Å². The number of nitrogens with zero attached hydrogens (tertiary/aromatic N) is 2. The van der Waals surface area contributed by atoms with E-state index in [0.29, 0.717) is 11.4 Å². The van der Waals surface area contributed by atoms with Gasteiger partial charge in [-0.1, -0.05) is 24.3 Å². The Bertz CT molecular complexity index is 1530. The Morgan fingerprint density at radius 2 is 1.56 bits per heavy atom. The summed E-state index contributed by atoms with van der Waals surface area (Å²) in [6, 6.07) is 20.7. The number of carbonyl (C=O) groups excluding carboxylic acids is 3. The standard InChI is InChI=1S/C31H28F2N4O4/c1-36(23-15-20-5-2-3-6-21(20)16-23)30(39)19-37(31(40)28-7-4-14-34-28)18-29(38)35-22-8-10-24(11-9-22)41-25-12-13-26(32)27(33)17-25/h2-14,17,23,34H,15-16,18-19H2,1H3,(H,35,38). The van der Waals surface area contributed by atoms with E-state index in [9.17, 15) is 23.2 Å². The summed E-state index contributed by atoms with van der Waals surface area (Å²) in [5, 5.41) is 2.72. The summed E-state index contributed by atoms with van der Waals surface area (Å²) in [6.45, 7) is -0.620. The molecule has 1 heterocycles. The van der Waals surface area contributed by atoms with E-state index in [4.69, 9.17) is 4.74 Å². The van der Waals surface area contributed by atoms with E-state index < -0.39 is 23.4 Å². The van der Waals surface area contributed by atoms with Crippen molar-refractivity contribution >= 4 is 23.4 Å². The molecule has 1 aromatic heterocycles. The number of halogens is 2. The second kappa shape index (κ2) is 12.0. The number of aromatic nitrogens is 1. The number of amides is 3. The summed E-state index contributed by atoms with van der Waals surface area (Å²) in [4.78, 5) is 45.1. The predicted octanol–water partition coefficient (Wildman–Crippen LogP) is 4.79. The topological polar surface area (TPSA) is 94.7 Å². The van der Waals surface area contributed by atoms with Gasteiger partial charge >= 0.3 is 0 Å². The van der Waals surface area contributed by atoms with Gasteiger partial charge in [0.25, 0.3) is 5.91 Å². The average molecular weight is 559 g/mol. The predicted molar refractivity (Wildman–Crippen MR) is 149 cm³/mol. The van der Waals surface area contributed by atoms with E-state index >= 15 is 0 Å². The summed E-state index contributed by atoms with van der Waals surface area (Å²) in [5.41, 5.74) is 3.10. The van der Waals surface area contributed by atoms with Crippen molar-refractivity contribution in [3.05, 3.63) is 114 Å². The molecule has 0 radical (unpaired) electrons. The molecule has 4 aromatic rings. The van der Waals surface area contributed by atoms with Gasteiger partial charge in [0.15, 0.2) is 11.6 Å². The fourth-order valence-electron chi connectivity index (χ4n) is 4.78. The Hall–Kier alpha value is -4.99. The minimum Gasteiger partial charge on any atom is -0.457 e. The normalized spacial score (nSPS) is 12.5. The average Bonchev–Trinajstić information content (AvgIpc) is 3.65. The molecule has 8 nitrogen and oxygen atoms in total. The van der Waals surface area contributed by atoms with E-state index in [1.807, 2.05) is 12.1 Å². The second-order valence-electron chi connectivity index (χ2n) is 9.83. The van der Waals surface area contributed by atoms with Crippen molar-refractivity contribution in [3.63, 3.8) is 0 Å². The van der Waals surface area contributed by atoms with E-state index in [-0.39, 0.29) is 36.5 Å². The Kier molecular flexibility index (Phi) is 8.09. The first-order valence-corrected chi connectivity index (χ1v) is 13.0. The molecule has 0 atom stereocenters. The van der Waals surface area contributed by atoms with Crippen LogP contribution in [0.25, 0.3) is 0 Å². The molecule has 0 saturated heterocycles. The third-order valence-corrected chi connectivity index (χ3v) is 7.01. The largest absolute Gasteiger partial charge is 0.457 e. The first kappa shape index (κ1) is 27.6. The van der Waals surface area contributed by atoms with Gasteiger partial charge in [0.2, 0.25) is 11.8 Å². The molecule has 0 saturated carbocycles. The van der Waals surface area contributed by atoms with Crippen LogP contribution < -0.4 is 10.1 Å². The molecule has 10 heteroatoms. The molecule has 3 aromatic carbocycles. The maximum Gasteiger partial charge on any atom is 0.271 e. The number of nitrogens with one attached hydrogen (secondary N) is 2. The molecule has 0 aliphatic heterocycles. The van der Waals surface area contributed by atoms with Crippen LogP contribution in [0.1, 0.15) is 21.6 Å². The van der Waals surface area contributed by atoms with E-state index in [0.717, 1.165) is 25.0 Å². The van der Waals surface area contributed by atoms with Crippen molar-refractivity contribution < 1.29 is 27.9 Å². The van der Waals surface area contributed by atoms with Gasteiger partial charge in [-0.15, -0.1) is 0 Å². The Morgan fingerprint density at radius 3 is 2.20 bits per heavy atom. The maximum absolute atomic E-state index is 13.4. The zero-order valence-corrected chi connectivity index (χ0v) is 22.3. The van der Waals surface area contributed by atoms with Crippen LogP contribution in [0.4, 0.5) is 14.5 Å². The number of carbonyl (C=O) groups is 3. The maximum atomic E-state index is 13.4. The van der Waals surface area contributed by atoms with Crippen LogP contribution in [0.2, 0.25) is 0 Å². The van der Waals surface area contributed by atoms with Gasteiger partial charge in [0.05, 0.1) is 0 Å². The number of H-pyrrole nitrogens is 1. The molecule has 0 unspecified atom stereocenters. The highest BCUT2D eigenvalue weighted by atomic mass is 19.2. The van der Waals surface area contributed by atoms with Gasteiger partial charge in [-0.3, -0.25) is 14.4 Å². The third kappa shape index (κ3) is 6.60. The van der Waals surface area contributed by atoms with Crippen molar-refractivity contribution in [1.29, 1.82) is 0 Å². The highest BCUT2D eigenvalue weighted by Gasteiger charge is 2.30. The van der Waals surface area contributed by atoms with Gasteiger partial charge in [-0.2, -0.15) is 0 Å². The summed E-state index contributed by atoms with van der Waals surface area (Å²) >= 11 is 0. The zero-order valence-electron chi connectivity index (χ0n) is 22.3. The first-order valence-electron chi connectivity index (χ1n) is 13.0. The quantitative estimate of drug-likeness (QED) is 0.309. The lowest BCUT2D eigenvalue weighted by atomic mass is 10.1. The van der Waals surface area contributed by atoms with Crippen molar-refractivity contribution in [2.45, 2.75) is 18.9 Å². The van der Waals surface area contributed by atoms with E-state index in [2.05, 4.69) is 22.4 Å². The smallest absolute Gasteiger partial charge is 0.271 e. The van der Waals surface area contributed by atoms with Crippen LogP contribution in [0.15, 0.2) is 85.1 Å². The summed E-state index contributed by atoms with van der Waals surface area (Å²) in [6.07, 6.45) is 3.07. The lowest BCUT2D eigenvalue weighted by Crippen LogP contribution is -2.47. The molecule has 0 spiro atoms. The molecule has 0 bridgehead atoms. The molecule has 41 heavy (non-hydrogen) atoms. The second-order valence-corrected chi connectivity index (χ2v) is 9.83. The van der Waals surface area contributed by atoms with Crippen LogP contribution in [0.3, 0.4) is 0 Å². The molecule has 210 valence electrons. The molecule has 1 aliphatic rings. The highest BCUT2D eigenvalue weighted by Crippen LogP contribution is 2.26. The number of hydrogen-bond donors (Lipinski definition) is 2. The van der Waals surface area contributed by atoms with Crippen molar-refractivity contribution in [2.24, 2.45) is 0 Å². The Morgan fingerprint density at radius 1 is 0.878 bits per heavy atom. The number of aromatic amines is 1. The molecule has 5 rings (SSSR count). The number of anilines is 1. The molecule has 2 N–H and O–H groups in total. The number of fused-ring (bicyclic) bond motifs is 1. The number of hydrogen-bond acceptors (Lipinski definition) is 4. The lowest BCUT2D eigenvalue weighted by Gasteiger charge is -2.28. The van der Waals surface area contributed by atoms with Gasteiger partial charge in [0, 0.05) is 31.0 Å². The van der Waals surface area contributed by atoms with E-state index in [1.54, 1.807) is 54.5 Å². The molecular formula is C31H28F2N4O4. The van der Waals surface area contributed by atoms with Gasteiger partial charge in [-0.05, 0) is 72.5 Å². The van der Waals surface area contributed by atoms with Crippen molar-refractivity contribution in [3.8, 4) is 11.5 Å². The van der Waals surface area contributed by atoms with Gasteiger partial charge in [-0.25, -0.2) is 8.78 Å². The number of likely N-dealkylation sites (N-methyl/N-ethyl adjacent to an activating group) is 1. The number of benzene rings is 3. The molecule has 0 fully saturated rings. The monoisotopic (exact) mass is 558 g/mol. The lowest BCUT2D eigenvalue weighted by molar-refractivity contribution is -0.132. The minimum absolute atomic E-state index is 0.0247. The summed E-state index contributed by atoms with van der Waals surface area (Å²) in [5.74, 6) is -2.77. The summed E-state index contributed by atoms with van der Waals surface area (Å²) < 4.78 is 32.1. The minimum atomic E-state index is -1.03. The fourth-order valence-corrected chi connectivity index (χ4v) is 4.78. The van der Waals surface area contributed by atoms with Crippen LogP contribution in [0, 0.1) is 11.6 Å². The Balaban J connectivity index is 1.22. The molecular weight excluding hydrogens is 530 g/mol. The van der Waals surface area contributed by atoms with E-state index in [1.165, 1.54) is 22.1 Å².